The van der Waals surface area contributed by atoms with E-state index in [0.717, 1.165) is 37.2 Å². The molecule has 0 N–H and O–H groups in total. The minimum absolute atomic E-state index is 0.490. The van der Waals surface area contributed by atoms with E-state index in [2.05, 4.69) is 38.8 Å². The zero-order valence-electron chi connectivity index (χ0n) is 10.7. The molecule has 3 aromatic rings. The van der Waals surface area contributed by atoms with Crippen molar-refractivity contribution in [1.82, 2.24) is 14.7 Å². The van der Waals surface area contributed by atoms with Gasteiger partial charge in [0.15, 0.2) is 0 Å². The van der Waals surface area contributed by atoms with Crippen LogP contribution in [0.5, 0.6) is 0 Å². The number of rotatable bonds is 1. The maximum atomic E-state index is 6.08. The van der Waals surface area contributed by atoms with Crippen LogP contribution in [0, 0.1) is 17.4 Å². The standard InChI is InChI=1S/C13H11ClIN3O/c1-6-11(7(2)19-17-6)8-4-9(15)12-10(5-8)16-13(14)18(12)3/h4-5H,1-3H3. The van der Waals surface area contributed by atoms with Gasteiger partial charge >= 0.3 is 0 Å². The number of halogens is 2. The van der Waals surface area contributed by atoms with Crippen molar-refractivity contribution < 1.29 is 4.52 Å². The second-order valence-electron chi connectivity index (χ2n) is 4.46. The highest BCUT2D eigenvalue weighted by atomic mass is 127. The molecule has 0 saturated carbocycles. The van der Waals surface area contributed by atoms with E-state index >= 15 is 0 Å². The van der Waals surface area contributed by atoms with Crippen LogP contribution < -0.4 is 0 Å². The molecule has 0 bridgehead atoms. The summed E-state index contributed by atoms with van der Waals surface area (Å²) in [5, 5.41) is 4.49. The summed E-state index contributed by atoms with van der Waals surface area (Å²) in [7, 11) is 1.91. The molecule has 0 radical (unpaired) electrons. The molecule has 1 aromatic carbocycles. The van der Waals surface area contributed by atoms with Crippen molar-refractivity contribution >= 4 is 45.2 Å². The maximum Gasteiger partial charge on any atom is 0.203 e. The maximum absolute atomic E-state index is 6.08. The summed E-state index contributed by atoms with van der Waals surface area (Å²) < 4.78 is 8.21. The molecule has 0 atom stereocenters. The second-order valence-corrected chi connectivity index (χ2v) is 5.97. The highest BCUT2D eigenvalue weighted by molar-refractivity contribution is 14.1. The van der Waals surface area contributed by atoms with Gasteiger partial charge in [-0.15, -0.1) is 0 Å². The molecular formula is C13H11ClIN3O. The predicted molar refractivity (Wildman–Crippen MR) is 83.4 cm³/mol. The van der Waals surface area contributed by atoms with E-state index in [1.165, 1.54) is 0 Å². The van der Waals surface area contributed by atoms with Crippen LogP contribution in [0.3, 0.4) is 0 Å². The van der Waals surface area contributed by atoms with Crippen LogP contribution in [0.1, 0.15) is 11.5 Å². The van der Waals surface area contributed by atoms with Gasteiger partial charge < -0.3 is 9.09 Å². The normalized spacial score (nSPS) is 11.4. The van der Waals surface area contributed by atoms with E-state index < -0.39 is 0 Å². The van der Waals surface area contributed by atoms with Gasteiger partial charge in [0.1, 0.15) is 5.76 Å². The Morgan fingerprint density at radius 2 is 2.05 bits per heavy atom. The van der Waals surface area contributed by atoms with Gasteiger partial charge in [0.2, 0.25) is 5.28 Å². The van der Waals surface area contributed by atoms with E-state index in [0.29, 0.717) is 5.28 Å². The summed E-state index contributed by atoms with van der Waals surface area (Å²) in [6.07, 6.45) is 0. The first kappa shape index (κ1) is 12.9. The minimum atomic E-state index is 0.490. The van der Waals surface area contributed by atoms with Crippen LogP contribution in [-0.4, -0.2) is 14.7 Å². The van der Waals surface area contributed by atoms with E-state index in [-0.39, 0.29) is 0 Å². The fourth-order valence-electron chi connectivity index (χ4n) is 2.31. The predicted octanol–water partition coefficient (Wildman–Crippen LogP) is 4.10. The van der Waals surface area contributed by atoms with Crippen LogP contribution >= 0.6 is 34.2 Å². The fourth-order valence-corrected chi connectivity index (χ4v) is 3.46. The summed E-state index contributed by atoms with van der Waals surface area (Å²) >= 11 is 8.38. The lowest BCUT2D eigenvalue weighted by Gasteiger charge is -2.04. The molecule has 19 heavy (non-hydrogen) atoms. The lowest BCUT2D eigenvalue weighted by atomic mass is 10.0. The Morgan fingerprint density at radius 1 is 1.32 bits per heavy atom. The Kier molecular flexibility index (Phi) is 3.05. The number of aromatic nitrogens is 3. The van der Waals surface area contributed by atoms with Crippen molar-refractivity contribution in [3.8, 4) is 11.1 Å². The van der Waals surface area contributed by atoms with Gasteiger partial charge in [0, 0.05) is 16.2 Å². The molecule has 0 fully saturated rings. The van der Waals surface area contributed by atoms with Gasteiger partial charge in [0.25, 0.3) is 0 Å². The third kappa shape index (κ3) is 1.95. The van der Waals surface area contributed by atoms with Crippen molar-refractivity contribution in [3.63, 3.8) is 0 Å². The lowest BCUT2D eigenvalue weighted by Crippen LogP contribution is -1.90. The van der Waals surface area contributed by atoms with Gasteiger partial charge in [-0.3, -0.25) is 0 Å². The first-order chi connectivity index (χ1) is 8.99. The Hall–Kier alpha value is -1.08. The van der Waals surface area contributed by atoms with Crippen molar-refractivity contribution in [2.75, 3.05) is 0 Å². The van der Waals surface area contributed by atoms with Crippen molar-refractivity contribution in [2.24, 2.45) is 7.05 Å². The molecule has 3 rings (SSSR count). The van der Waals surface area contributed by atoms with Crippen molar-refractivity contribution in [1.29, 1.82) is 0 Å². The summed E-state index contributed by atoms with van der Waals surface area (Å²) in [4.78, 5) is 4.38. The number of aryl methyl sites for hydroxylation is 3. The van der Waals surface area contributed by atoms with Gasteiger partial charge in [-0.2, -0.15) is 0 Å². The van der Waals surface area contributed by atoms with E-state index in [4.69, 9.17) is 16.1 Å². The molecule has 6 heteroatoms. The van der Waals surface area contributed by atoms with Crippen LogP contribution in [0.15, 0.2) is 16.7 Å². The molecule has 2 heterocycles. The average molecular weight is 388 g/mol. The van der Waals surface area contributed by atoms with Crippen molar-refractivity contribution in [2.45, 2.75) is 13.8 Å². The van der Waals surface area contributed by atoms with Gasteiger partial charge in [-0.1, -0.05) is 5.16 Å². The minimum Gasteiger partial charge on any atom is -0.361 e. The number of benzene rings is 1. The zero-order valence-corrected chi connectivity index (χ0v) is 13.6. The van der Waals surface area contributed by atoms with Crippen LogP contribution in [0.2, 0.25) is 5.28 Å². The van der Waals surface area contributed by atoms with Gasteiger partial charge in [-0.05, 0) is 65.7 Å². The van der Waals surface area contributed by atoms with Crippen LogP contribution in [0.25, 0.3) is 22.2 Å². The summed E-state index contributed by atoms with van der Waals surface area (Å²) in [5.74, 6) is 0.815. The Balaban J connectivity index is 2.33. The highest BCUT2D eigenvalue weighted by Crippen LogP contribution is 2.33. The third-order valence-corrected chi connectivity index (χ3v) is 4.35. The monoisotopic (exact) mass is 387 g/mol. The molecular weight excluding hydrogens is 377 g/mol. The molecule has 98 valence electrons. The molecule has 4 nitrogen and oxygen atoms in total. The number of fused-ring (bicyclic) bond motifs is 1. The van der Waals surface area contributed by atoms with E-state index in [1.807, 2.05) is 31.5 Å². The number of hydrogen-bond acceptors (Lipinski definition) is 3. The van der Waals surface area contributed by atoms with Gasteiger partial charge in [0.05, 0.1) is 16.7 Å². The third-order valence-electron chi connectivity index (χ3n) is 3.19. The molecule has 0 aliphatic rings. The Bertz CT molecular complexity index is 771. The zero-order chi connectivity index (χ0) is 13.7. The molecule has 0 saturated heterocycles. The number of hydrogen-bond donors (Lipinski definition) is 0. The van der Waals surface area contributed by atoms with Crippen LogP contribution in [-0.2, 0) is 7.05 Å². The molecule has 0 amide bonds. The summed E-state index contributed by atoms with van der Waals surface area (Å²) in [6.45, 7) is 3.85. The quantitative estimate of drug-likeness (QED) is 0.590. The average Bonchev–Trinajstić information content (AvgIpc) is 2.81. The smallest absolute Gasteiger partial charge is 0.203 e. The lowest BCUT2D eigenvalue weighted by molar-refractivity contribution is 0.393. The van der Waals surface area contributed by atoms with Gasteiger partial charge in [-0.25, -0.2) is 4.98 Å². The molecule has 2 aromatic heterocycles. The summed E-state index contributed by atoms with van der Waals surface area (Å²) in [5.41, 5.74) is 4.90. The molecule has 0 aliphatic heterocycles. The largest absolute Gasteiger partial charge is 0.361 e. The van der Waals surface area contributed by atoms with E-state index in [9.17, 15) is 0 Å². The van der Waals surface area contributed by atoms with Crippen LogP contribution in [0.4, 0.5) is 0 Å². The first-order valence-electron chi connectivity index (χ1n) is 5.73. The SMILES string of the molecule is Cc1noc(C)c1-c1cc(I)c2c(c1)nc(Cl)n2C. The number of imidazole rings is 1. The molecule has 0 spiro atoms. The Labute approximate surface area is 128 Å². The second kappa shape index (κ2) is 4.49. The number of nitrogens with zero attached hydrogens (tertiary/aromatic N) is 3. The van der Waals surface area contributed by atoms with E-state index in [1.54, 1.807) is 0 Å². The topological polar surface area (TPSA) is 43.9 Å². The first-order valence-corrected chi connectivity index (χ1v) is 7.19. The summed E-state index contributed by atoms with van der Waals surface area (Å²) in [6, 6.07) is 4.13. The highest BCUT2D eigenvalue weighted by Gasteiger charge is 2.16. The molecule has 0 unspecified atom stereocenters. The molecule has 0 aliphatic carbocycles. The fraction of sp³-hybridized carbons (Fsp3) is 0.231. The Morgan fingerprint density at radius 3 is 2.68 bits per heavy atom. The van der Waals surface area contributed by atoms with Crippen molar-refractivity contribution in [3.05, 3.63) is 32.4 Å².